The number of carbonyl (C=O) groups is 2. The summed E-state index contributed by atoms with van der Waals surface area (Å²) >= 11 is 1.66. The standard InChI is InChI=1S/C17H18N2O3S/c20-16(21)13-5-3-12(4-6-13)10-18-17(22)19(14-7-8-14)11-15-2-1-9-23-15/h1-6,9,14H,7-8,10-11H2,(H,18,22)(H,20,21). The highest BCUT2D eigenvalue weighted by molar-refractivity contribution is 7.09. The van der Waals surface area contributed by atoms with E-state index in [9.17, 15) is 9.59 Å². The summed E-state index contributed by atoms with van der Waals surface area (Å²) in [6, 6.07) is 10.9. The minimum absolute atomic E-state index is 0.0665. The molecule has 0 spiro atoms. The van der Waals surface area contributed by atoms with E-state index in [1.54, 1.807) is 35.6 Å². The summed E-state index contributed by atoms with van der Waals surface area (Å²) in [5.74, 6) is -0.948. The van der Waals surface area contributed by atoms with Crippen molar-refractivity contribution in [2.75, 3.05) is 0 Å². The van der Waals surface area contributed by atoms with Gasteiger partial charge in [-0.15, -0.1) is 11.3 Å². The van der Waals surface area contributed by atoms with Crippen molar-refractivity contribution in [3.63, 3.8) is 0 Å². The van der Waals surface area contributed by atoms with Crippen molar-refractivity contribution in [3.05, 3.63) is 57.8 Å². The zero-order valence-electron chi connectivity index (χ0n) is 12.6. The van der Waals surface area contributed by atoms with Crippen molar-refractivity contribution in [1.29, 1.82) is 0 Å². The highest BCUT2D eigenvalue weighted by Crippen LogP contribution is 2.29. The second kappa shape index (κ2) is 6.83. The summed E-state index contributed by atoms with van der Waals surface area (Å²) in [6.07, 6.45) is 2.12. The van der Waals surface area contributed by atoms with Gasteiger partial charge in [-0.05, 0) is 42.0 Å². The van der Waals surface area contributed by atoms with E-state index in [1.165, 1.54) is 4.88 Å². The normalized spacial score (nSPS) is 13.6. The summed E-state index contributed by atoms with van der Waals surface area (Å²) < 4.78 is 0. The number of carboxylic acid groups (broad SMARTS) is 1. The van der Waals surface area contributed by atoms with Crippen molar-refractivity contribution in [1.82, 2.24) is 10.2 Å². The Morgan fingerprint density at radius 3 is 2.52 bits per heavy atom. The fraction of sp³-hybridized carbons (Fsp3) is 0.294. The van der Waals surface area contributed by atoms with Crippen LogP contribution in [0, 0.1) is 0 Å². The molecule has 0 saturated heterocycles. The third-order valence-electron chi connectivity index (χ3n) is 3.80. The Labute approximate surface area is 138 Å². The van der Waals surface area contributed by atoms with Crippen LogP contribution in [0.4, 0.5) is 4.79 Å². The second-order valence-electron chi connectivity index (χ2n) is 5.60. The number of rotatable bonds is 6. The van der Waals surface area contributed by atoms with Gasteiger partial charge in [0.25, 0.3) is 0 Å². The zero-order valence-corrected chi connectivity index (χ0v) is 13.4. The number of aromatic carboxylic acids is 1. The van der Waals surface area contributed by atoms with Crippen LogP contribution in [-0.2, 0) is 13.1 Å². The van der Waals surface area contributed by atoms with Gasteiger partial charge in [0.1, 0.15) is 0 Å². The highest BCUT2D eigenvalue weighted by Gasteiger charge is 2.32. The van der Waals surface area contributed by atoms with Crippen molar-refractivity contribution >= 4 is 23.3 Å². The van der Waals surface area contributed by atoms with E-state index in [0.29, 0.717) is 19.1 Å². The zero-order chi connectivity index (χ0) is 16.2. The predicted octanol–water partition coefficient (Wildman–Crippen LogP) is 3.32. The Bertz CT molecular complexity index is 678. The lowest BCUT2D eigenvalue weighted by molar-refractivity contribution is 0.0697. The Morgan fingerprint density at radius 2 is 1.96 bits per heavy atom. The molecule has 0 aliphatic heterocycles. The number of amides is 2. The molecule has 1 fully saturated rings. The number of nitrogens with one attached hydrogen (secondary N) is 1. The Kier molecular flexibility index (Phi) is 4.62. The Balaban J connectivity index is 1.57. The third kappa shape index (κ3) is 4.10. The molecule has 23 heavy (non-hydrogen) atoms. The monoisotopic (exact) mass is 330 g/mol. The molecule has 2 aromatic rings. The van der Waals surface area contributed by atoms with Crippen molar-refractivity contribution in [2.24, 2.45) is 0 Å². The molecule has 0 bridgehead atoms. The van der Waals surface area contributed by atoms with Crippen molar-refractivity contribution in [2.45, 2.75) is 32.0 Å². The van der Waals surface area contributed by atoms with Gasteiger partial charge in [-0.1, -0.05) is 18.2 Å². The van der Waals surface area contributed by atoms with E-state index in [0.717, 1.165) is 18.4 Å². The second-order valence-corrected chi connectivity index (χ2v) is 6.63. The molecule has 6 heteroatoms. The number of hydrogen-bond donors (Lipinski definition) is 2. The maximum Gasteiger partial charge on any atom is 0.335 e. The highest BCUT2D eigenvalue weighted by atomic mass is 32.1. The maximum absolute atomic E-state index is 12.4. The molecule has 0 unspecified atom stereocenters. The number of hydrogen-bond acceptors (Lipinski definition) is 3. The van der Waals surface area contributed by atoms with Gasteiger partial charge in [0.05, 0.1) is 12.1 Å². The van der Waals surface area contributed by atoms with Crippen LogP contribution in [0.1, 0.15) is 33.6 Å². The van der Waals surface area contributed by atoms with E-state index in [4.69, 9.17) is 5.11 Å². The van der Waals surface area contributed by atoms with Crippen LogP contribution < -0.4 is 5.32 Å². The van der Waals surface area contributed by atoms with Gasteiger partial charge >= 0.3 is 12.0 Å². The van der Waals surface area contributed by atoms with Gasteiger partial charge in [0.2, 0.25) is 0 Å². The topological polar surface area (TPSA) is 69.6 Å². The molecule has 3 rings (SSSR count). The molecule has 1 heterocycles. The summed E-state index contributed by atoms with van der Waals surface area (Å²) in [7, 11) is 0. The SMILES string of the molecule is O=C(O)c1ccc(CNC(=O)N(Cc2cccs2)C2CC2)cc1. The number of nitrogens with zero attached hydrogens (tertiary/aromatic N) is 1. The molecule has 0 atom stereocenters. The number of carboxylic acids is 1. The van der Waals surface area contributed by atoms with Crippen LogP contribution in [0.25, 0.3) is 0 Å². The van der Waals surface area contributed by atoms with Crippen LogP contribution in [0.2, 0.25) is 0 Å². The lowest BCUT2D eigenvalue weighted by atomic mass is 10.1. The molecule has 1 aromatic heterocycles. The maximum atomic E-state index is 12.4. The summed E-state index contributed by atoms with van der Waals surface area (Å²) in [6.45, 7) is 1.04. The lowest BCUT2D eigenvalue weighted by Gasteiger charge is -2.22. The third-order valence-corrected chi connectivity index (χ3v) is 4.66. The first-order chi connectivity index (χ1) is 11.1. The number of urea groups is 1. The largest absolute Gasteiger partial charge is 0.478 e. The molecule has 1 saturated carbocycles. The van der Waals surface area contributed by atoms with Crippen LogP contribution >= 0.6 is 11.3 Å². The fourth-order valence-electron chi connectivity index (χ4n) is 2.37. The molecule has 1 aliphatic carbocycles. The quantitative estimate of drug-likeness (QED) is 0.853. The molecule has 1 aliphatic rings. The fourth-order valence-corrected chi connectivity index (χ4v) is 3.07. The van der Waals surface area contributed by atoms with E-state index < -0.39 is 5.97 Å². The number of thiophene rings is 1. The Hall–Kier alpha value is -2.34. The van der Waals surface area contributed by atoms with Crippen molar-refractivity contribution in [3.8, 4) is 0 Å². The summed E-state index contributed by atoms with van der Waals surface area (Å²) in [4.78, 5) is 26.3. The first-order valence-corrected chi connectivity index (χ1v) is 8.40. The van der Waals surface area contributed by atoms with Gasteiger partial charge in [0.15, 0.2) is 0 Å². The van der Waals surface area contributed by atoms with Crippen LogP contribution in [0.3, 0.4) is 0 Å². The average molecular weight is 330 g/mol. The molecule has 2 N–H and O–H groups in total. The lowest BCUT2D eigenvalue weighted by Crippen LogP contribution is -2.40. The van der Waals surface area contributed by atoms with Gasteiger partial charge in [-0.2, -0.15) is 0 Å². The van der Waals surface area contributed by atoms with Crippen LogP contribution in [-0.4, -0.2) is 28.0 Å². The van der Waals surface area contributed by atoms with Crippen LogP contribution in [0.15, 0.2) is 41.8 Å². The molecule has 1 aromatic carbocycles. The van der Waals surface area contributed by atoms with E-state index in [1.807, 2.05) is 22.4 Å². The van der Waals surface area contributed by atoms with Gasteiger partial charge < -0.3 is 15.3 Å². The van der Waals surface area contributed by atoms with Gasteiger partial charge in [0, 0.05) is 17.5 Å². The first-order valence-electron chi connectivity index (χ1n) is 7.52. The summed E-state index contributed by atoms with van der Waals surface area (Å²) in [5, 5.41) is 13.8. The van der Waals surface area contributed by atoms with Gasteiger partial charge in [-0.25, -0.2) is 9.59 Å². The average Bonchev–Trinajstić information content (AvgIpc) is 3.26. The Morgan fingerprint density at radius 1 is 1.22 bits per heavy atom. The van der Waals surface area contributed by atoms with E-state index in [-0.39, 0.29) is 11.6 Å². The minimum atomic E-state index is -0.948. The van der Waals surface area contributed by atoms with Crippen molar-refractivity contribution < 1.29 is 14.7 Å². The summed E-state index contributed by atoms with van der Waals surface area (Å²) in [5.41, 5.74) is 1.13. The molecular weight excluding hydrogens is 312 g/mol. The molecule has 5 nitrogen and oxygen atoms in total. The molecular formula is C17H18N2O3S. The smallest absolute Gasteiger partial charge is 0.335 e. The minimum Gasteiger partial charge on any atom is -0.478 e. The van der Waals surface area contributed by atoms with E-state index in [2.05, 4.69) is 5.32 Å². The molecule has 0 radical (unpaired) electrons. The van der Waals surface area contributed by atoms with E-state index >= 15 is 0 Å². The van der Waals surface area contributed by atoms with Crippen LogP contribution in [0.5, 0.6) is 0 Å². The molecule has 2 amide bonds. The molecule has 120 valence electrons. The first kappa shape index (κ1) is 15.6. The number of benzene rings is 1. The predicted molar refractivity (Wildman–Crippen MR) is 88.5 cm³/mol. The number of carbonyl (C=O) groups excluding carboxylic acids is 1. The van der Waals surface area contributed by atoms with Gasteiger partial charge in [-0.3, -0.25) is 0 Å².